The number of nitrogens with one attached hydrogen (secondary N) is 1. The Morgan fingerprint density at radius 2 is 1.73 bits per heavy atom. The van der Waals surface area contributed by atoms with Crippen molar-refractivity contribution in [1.82, 2.24) is 9.21 Å². The molecular formula is C21H28ClN3O4S. The number of carbonyl (C=O) groups excluding carboxylic acids is 1. The first-order valence-corrected chi connectivity index (χ1v) is 11.3. The zero-order valence-electron chi connectivity index (χ0n) is 17.7. The van der Waals surface area contributed by atoms with Crippen molar-refractivity contribution in [2.45, 2.75) is 18.2 Å². The van der Waals surface area contributed by atoms with Crippen molar-refractivity contribution < 1.29 is 17.9 Å². The van der Waals surface area contributed by atoms with Gasteiger partial charge in [0.2, 0.25) is 15.9 Å². The number of hydrogen-bond donors (Lipinski definition) is 1. The van der Waals surface area contributed by atoms with E-state index in [1.165, 1.54) is 37.9 Å². The van der Waals surface area contributed by atoms with Gasteiger partial charge in [-0.2, -0.15) is 0 Å². The van der Waals surface area contributed by atoms with Gasteiger partial charge in [0, 0.05) is 33.6 Å². The van der Waals surface area contributed by atoms with E-state index in [-0.39, 0.29) is 27.9 Å². The topological polar surface area (TPSA) is 79.0 Å². The minimum Gasteiger partial charge on any atom is -0.492 e. The summed E-state index contributed by atoms with van der Waals surface area (Å²) < 4.78 is 31.3. The molecule has 0 spiro atoms. The lowest BCUT2D eigenvalue weighted by Gasteiger charge is -2.17. The minimum atomic E-state index is -3.61. The van der Waals surface area contributed by atoms with E-state index in [9.17, 15) is 13.2 Å². The fourth-order valence-electron chi connectivity index (χ4n) is 2.54. The van der Waals surface area contributed by atoms with Gasteiger partial charge in [-0.1, -0.05) is 29.3 Å². The number of aryl methyl sites for hydroxylation is 1. The first-order valence-electron chi connectivity index (χ1n) is 9.49. The summed E-state index contributed by atoms with van der Waals surface area (Å²) in [4.78, 5) is 14.4. The molecule has 2 aromatic carbocycles. The second-order valence-corrected chi connectivity index (χ2v) is 9.75. The average Bonchev–Trinajstić information content (AvgIpc) is 2.69. The monoisotopic (exact) mass is 453 g/mol. The minimum absolute atomic E-state index is 0.0672. The normalized spacial score (nSPS) is 11.7. The van der Waals surface area contributed by atoms with Crippen molar-refractivity contribution in [3.8, 4) is 5.75 Å². The van der Waals surface area contributed by atoms with Crippen LogP contribution in [0.15, 0.2) is 47.4 Å². The van der Waals surface area contributed by atoms with Crippen LogP contribution in [0.4, 0.5) is 5.69 Å². The molecule has 0 unspecified atom stereocenters. The summed E-state index contributed by atoms with van der Waals surface area (Å²) >= 11 is 6.12. The Kier molecular flexibility index (Phi) is 8.66. The Balaban J connectivity index is 1.83. The van der Waals surface area contributed by atoms with Crippen molar-refractivity contribution in [1.29, 1.82) is 0 Å². The zero-order chi connectivity index (χ0) is 22.3. The molecule has 0 aliphatic carbocycles. The van der Waals surface area contributed by atoms with Gasteiger partial charge in [0.25, 0.3) is 0 Å². The van der Waals surface area contributed by atoms with Gasteiger partial charge in [-0.25, -0.2) is 12.7 Å². The molecule has 0 aliphatic rings. The van der Waals surface area contributed by atoms with E-state index in [1.54, 1.807) is 0 Å². The van der Waals surface area contributed by atoms with E-state index in [1.807, 2.05) is 43.1 Å². The van der Waals surface area contributed by atoms with Crippen LogP contribution in [0.25, 0.3) is 0 Å². The summed E-state index contributed by atoms with van der Waals surface area (Å²) in [6.45, 7) is 3.72. The Bertz CT molecular complexity index is 963. The predicted octanol–water partition coefficient (Wildman–Crippen LogP) is 3.24. The van der Waals surface area contributed by atoms with Crippen LogP contribution in [-0.2, 0) is 14.8 Å². The first kappa shape index (κ1) is 24.1. The maximum atomic E-state index is 12.3. The summed E-state index contributed by atoms with van der Waals surface area (Å²) in [5.74, 6) is 0.566. The molecule has 7 nitrogen and oxygen atoms in total. The quantitative estimate of drug-likeness (QED) is 0.597. The average molecular weight is 454 g/mol. The number of halogens is 1. The van der Waals surface area contributed by atoms with Crippen LogP contribution >= 0.6 is 11.6 Å². The fraction of sp³-hybridized carbons (Fsp3) is 0.381. The van der Waals surface area contributed by atoms with Crippen molar-refractivity contribution in [2.75, 3.05) is 46.2 Å². The van der Waals surface area contributed by atoms with Crippen LogP contribution in [0.5, 0.6) is 5.75 Å². The molecule has 30 heavy (non-hydrogen) atoms. The molecule has 1 N–H and O–H groups in total. The molecule has 1 amide bonds. The van der Waals surface area contributed by atoms with E-state index in [0.717, 1.165) is 10.1 Å². The zero-order valence-corrected chi connectivity index (χ0v) is 19.3. The van der Waals surface area contributed by atoms with Gasteiger partial charge in [-0.15, -0.1) is 0 Å². The van der Waals surface area contributed by atoms with E-state index in [4.69, 9.17) is 16.3 Å². The summed E-state index contributed by atoms with van der Waals surface area (Å²) in [5, 5.41) is 2.97. The number of hydrogen-bond acceptors (Lipinski definition) is 5. The number of nitrogens with zero attached hydrogens (tertiary/aromatic N) is 2. The molecule has 2 rings (SSSR count). The lowest BCUT2D eigenvalue weighted by atomic mass is 10.2. The van der Waals surface area contributed by atoms with E-state index in [2.05, 4.69) is 5.32 Å². The second kappa shape index (κ2) is 10.8. The van der Waals surface area contributed by atoms with Crippen LogP contribution in [0, 0.1) is 6.92 Å². The smallest absolute Gasteiger partial charge is 0.242 e. The van der Waals surface area contributed by atoms with Crippen molar-refractivity contribution in [3.63, 3.8) is 0 Å². The van der Waals surface area contributed by atoms with Crippen LogP contribution in [0.3, 0.4) is 0 Å². The molecule has 0 saturated heterocycles. The third kappa shape index (κ3) is 6.98. The highest BCUT2D eigenvalue weighted by molar-refractivity contribution is 7.89. The van der Waals surface area contributed by atoms with Gasteiger partial charge in [-0.05, 0) is 44.3 Å². The molecule has 2 aromatic rings. The molecule has 0 fully saturated rings. The molecule has 0 radical (unpaired) electrons. The van der Waals surface area contributed by atoms with Gasteiger partial charge < -0.3 is 15.0 Å². The molecule has 0 heterocycles. The number of rotatable bonds is 10. The molecule has 9 heteroatoms. The number of sulfonamides is 1. The summed E-state index contributed by atoms with van der Waals surface area (Å²) in [6.07, 6.45) is 0.238. The lowest BCUT2D eigenvalue weighted by molar-refractivity contribution is -0.116. The van der Waals surface area contributed by atoms with Crippen molar-refractivity contribution >= 4 is 33.2 Å². The number of carbonyl (C=O) groups is 1. The Morgan fingerprint density at radius 1 is 1.07 bits per heavy atom. The van der Waals surface area contributed by atoms with Crippen molar-refractivity contribution in [2.24, 2.45) is 0 Å². The summed E-state index contributed by atoms with van der Waals surface area (Å²) in [7, 11) is 1.18. The van der Waals surface area contributed by atoms with E-state index < -0.39 is 10.0 Å². The Hall–Kier alpha value is -2.13. The van der Waals surface area contributed by atoms with Crippen LogP contribution in [0.1, 0.15) is 12.0 Å². The largest absolute Gasteiger partial charge is 0.492 e. The SMILES string of the molecule is Cc1ccc(OCCN(C)CCC(=O)Nc2cc(S(=O)(=O)N(C)C)ccc2Cl)cc1. The maximum Gasteiger partial charge on any atom is 0.242 e. The predicted molar refractivity (Wildman–Crippen MR) is 120 cm³/mol. The van der Waals surface area contributed by atoms with Crippen molar-refractivity contribution in [3.05, 3.63) is 53.1 Å². The maximum absolute atomic E-state index is 12.3. The van der Waals surface area contributed by atoms with Gasteiger partial charge in [0.15, 0.2) is 0 Å². The molecule has 0 saturated carbocycles. The highest BCUT2D eigenvalue weighted by Crippen LogP contribution is 2.26. The molecule has 0 atom stereocenters. The fourth-order valence-corrected chi connectivity index (χ4v) is 3.64. The first-order chi connectivity index (χ1) is 14.1. The number of anilines is 1. The standard InChI is InChI=1S/C21H28ClN3O4S/c1-16-5-7-17(8-6-16)29-14-13-25(4)12-11-21(26)23-20-15-18(9-10-19(20)22)30(27,28)24(2)3/h5-10,15H,11-14H2,1-4H3,(H,23,26). The Labute approximate surface area is 183 Å². The van der Waals surface area contributed by atoms with E-state index >= 15 is 0 Å². The molecule has 0 bridgehead atoms. The van der Waals surface area contributed by atoms with Crippen LogP contribution < -0.4 is 10.1 Å². The number of ether oxygens (including phenoxy) is 1. The Morgan fingerprint density at radius 3 is 2.37 bits per heavy atom. The summed E-state index contributed by atoms with van der Waals surface area (Å²) in [6, 6.07) is 12.1. The number of benzene rings is 2. The third-order valence-corrected chi connectivity index (χ3v) is 6.61. The molecule has 0 aromatic heterocycles. The van der Waals surface area contributed by atoms with Gasteiger partial charge in [0.05, 0.1) is 15.6 Å². The van der Waals surface area contributed by atoms with Crippen LogP contribution in [0.2, 0.25) is 5.02 Å². The molecule has 0 aliphatic heterocycles. The van der Waals surface area contributed by atoms with Gasteiger partial charge >= 0.3 is 0 Å². The summed E-state index contributed by atoms with van der Waals surface area (Å²) in [5.41, 5.74) is 1.45. The molecular weight excluding hydrogens is 426 g/mol. The number of likely N-dealkylation sites (N-methyl/N-ethyl adjacent to an activating group) is 1. The lowest BCUT2D eigenvalue weighted by Crippen LogP contribution is -2.28. The molecule has 164 valence electrons. The van der Waals surface area contributed by atoms with Gasteiger partial charge in [0.1, 0.15) is 12.4 Å². The second-order valence-electron chi connectivity index (χ2n) is 7.19. The highest BCUT2D eigenvalue weighted by atomic mass is 35.5. The van der Waals surface area contributed by atoms with Gasteiger partial charge in [-0.3, -0.25) is 4.79 Å². The number of amides is 1. The third-order valence-electron chi connectivity index (χ3n) is 4.47. The highest BCUT2D eigenvalue weighted by Gasteiger charge is 2.19. The van der Waals surface area contributed by atoms with Crippen LogP contribution in [-0.4, -0.2) is 64.4 Å². The van der Waals surface area contributed by atoms with E-state index in [0.29, 0.717) is 19.7 Å².